The van der Waals surface area contributed by atoms with E-state index in [2.05, 4.69) is 4.99 Å². The predicted octanol–water partition coefficient (Wildman–Crippen LogP) is 3.46. The van der Waals surface area contributed by atoms with Crippen LogP contribution in [0.4, 0.5) is 5.69 Å². The second kappa shape index (κ2) is 7.61. The number of rotatable bonds is 3. The zero-order chi connectivity index (χ0) is 20.8. The van der Waals surface area contributed by atoms with Gasteiger partial charge in [-0.1, -0.05) is 47.7 Å². The Morgan fingerprint density at radius 2 is 1.79 bits per heavy atom. The standard InChI is InChI=1S/C22H24N2O3S2/c1-14-4-7-17(8-5-14)11-21(25)23-22-24(18-9-6-15(2)16(3)10-18)19-12-29(26,27)13-20(19)28-22/h4-10,19-20H,11-13H2,1-3H3/t19-,20-/m1/s1. The van der Waals surface area contributed by atoms with Crippen LogP contribution in [0.3, 0.4) is 0 Å². The molecule has 0 aliphatic carbocycles. The Morgan fingerprint density at radius 1 is 1.07 bits per heavy atom. The van der Waals surface area contributed by atoms with Gasteiger partial charge in [0.2, 0.25) is 0 Å². The average molecular weight is 429 g/mol. The minimum Gasteiger partial charge on any atom is -0.316 e. The van der Waals surface area contributed by atoms with Crippen molar-refractivity contribution in [3.63, 3.8) is 0 Å². The van der Waals surface area contributed by atoms with E-state index in [1.165, 1.54) is 17.3 Å². The number of benzene rings is 2. The number of amidine groups is 1. The van der Waals surface area contributed by atoms with Crippen molar-refractivity contribution in [3.8, 4) is 0 Å². The van der Waals surface area contributed by atoms with Crippen molar-refractivity contribution in [2.75, 3.05) is 16.4 Å². The predicted molar refractivity (Wildman–Crippen MR) is 120 cm³/mol. The summed E-state index contributed by atoms with van der Waals surface area (Å²) in [5.74, 6) is 0.0189. The quantitative estimate of drug-likeness (QED) is 0.749. The van der Waals surface area contributed by atoms with Gasteiger partial charge in [0, 0.05) is 10.9 Å². The first-order chi connectivity index (χ1) is 13.7. The summed E-state index contributed by atoms with van der Waals surface area (Å²) in [6, 6.07) is 13.7. The molecule has 29 heavy (non-hydrogen) atoms. The summed E-state index contributed by atoms with van der Waals surface area (Å²) in [6.45, 7) is 6.08. The Hall–Kier alpha value is -2.12. The fourth-order valence-corrected chi connectivity index (χ4v) is 7.70. The molecule has 0 spiro atoms. The summed E-state index contributed by atoms with van der Waals surface area (Å²) in [4.78, 5) is 19.0. The molecule has 2 aliphatic heterocycles. The molecule has 0 unspecified atom stereocenters. The highest BCUT2D eigenvalue weighted by Gasteiger charge is 2.49. The summed E-state index contributed by atoms with van der Waals surface area (Å²) >= 11 is 1.41. The molecule has 0 N–H and O–H groups in total. The monoisotopic (exact) mass is 428 g/mol. The molecule has 0 bridgehead atoms. The number of aryl methyl sites for hydroxylation is 3. The maximum Gasteiger partial charge on any atom is 0.252 e. The Labute approximate surface area is 176 Å². The molecule has 2 atom stereocenters. The van der Waals surface area contributed by atoms with Crippen LogP contribution in [0.5, 0.6) is 0 Å². The lowest BCUT2D eigenvalue weighted by atomic mass is 10.1. The van der Waals surface area contributed by atoms with E-state index in [-0.39, 0.29) is 35.1 Å². The highest BCUT2D eigenvalue weighted by molar-refractivity contribution is 8.16. The first-order valence-electron chi connectivity index (χ1n) is 9.62. The van der Waals surface area contributed by atoms with Gasteiger partial charge in [-0.25, -0.2) is 8.42 Å². The van der Waals surface area contributed by atoms with Crippen LogP contribution in [0.2, 0.25) is 0 Å². The Kier molecular flexibility index (Phi) is 5.29. The molecular weight excluding hydrogens is 404 g/mol. The third-order valence-electron chi connectivity index (χ3n) is 5.53. The molecule has 0 aromatic heterocycles. The van der Waals surface area contributed by atoms with E-state index in [0.717, 1.165) is 22.4 Å². The number of aliphatic imine (C=N–C) groups is 1. The molecule has 0 saturated carbocycles. The third kappa shape index (κ3) is 4.26. The van der Waals surface area contributed by atoms with Crippen molar-refractivity contribution >= 4 is 38.4 Å². The van der Waals surface area contributed by atoms with E-state index < -0.39 is 9.84 Å². The number of thioether (sulfide) groups is 1. The first kappa shape index (κ1) is 20.2. The Morgan fingerprint density at radius 3 is 2.48 bits per heavy atom. The van der Waals surface area contributed by atoms with Crippen LogP contribution in [0.25, 0.3) is 0 Å². The number of fused-ring (bicyclic) bond motifs is 1. The van der Waals surface area contributed by atoms with E-state index in [9.17, 15) is 13.2 Å². The summed E-state index contributed by atoms with van der Waals surface area (Å²) in [5, 5.41) is 0.516. The lowest BCUT2D eigenvalue weighted by molar-refractivity contribution is -0.117. The normalized spacial score (nSPS) is 24.1. The van der Waals surface area contributed by atoms with Gasteiger partial charge in [0.05, 0.1) is 24.0 Å². The van der Waals surface area contributed by atoms with Crippen molar-refractivity contribution < 1.29 is 13.2 Å². The zero-order valence-corrected chi connectivity index (χ0v) is 18.4. The third-order valence-corrected chi connectivity index (χ3v) is 8.74. The van der Waals surface area contributed by atoms with Gasteiger partial charge < -0.3 is 4.90 Å². The second-order valence-corrected chi connectivity index (χ2v) is 11.2. The lowest BCUT2D eigenvalue weighted by Gasteiger charge is -2.25. The number of carbonyl (C=O) groups excluding carboxylic acids is 1. The van der Waals surface area contributed by atoms with Crippen LogP contribution < -0.4 is 4.90 Å². The minimum absolute atomic E-state index is 0.0902. The van der Waals surface area contributed by atoms with Crippen LogP contribution in [0.15, 0.2) is 47.5 Å². The van der Waals surface area contributed by atoms with E-state index in [1.54, 1.807) is 0 Å². The molecule has 152 valence electrons. The molecule has 2 aliphatic rings. The molecule has 1 amide bonds. The smallest absolute Gasteiger partial charge is 0.252 e. The number of hydrogen-bond donors (Lipinski definition) is 0. The summed E-state index contributed by atoms with van der Waals surface area (Å²) in [7, 11) is -3.07. The van der Waals surface area contributed by atoms with Gasteiger partial charge in [-0.2, -0.15) is 4.99 Å². The van der Waals surface area contributed by atoms with Crippen molar-refractivity contribution in [1.29, 1.82) is 0 Å². The molecular formula is C22H24N2O3S2. The van der Waals surface area contributed by atoms with Crippen LogP contribution >= 0.6 is 11.8 Å². The van der Waals surface area contributed by atoms with Crippen molar-refractivity contribution in [3.05, 3.63) is 64.7 Å². The molecule has 7 heteroatoms. The summed E-state index contributed by atoms with van der Waals surface area (Å²) in [6.07, 6.45) is 0.235. The number of amides is 1. The molecule has 2 aromatic rings. The van der Waals surface area contributed by atoms with E-state index >= 15 is 0 Å². The molecule has 4 rings (SSSR count). The Balaban J connectivity index is 1.65. The van der Waals surface area contributed by atoms with Gasteiger partial charge in [-0.15, -0.1) is 0 Å². The lowest BCUT2D eigenvalue weighted by Crippen LogP contribution is -2.37. The highest BCUT2D eigenvalue weighted by Crippen LogP contribution is 2.41. The van der Waals surface area contributed by atoms with Crippen molar-refractivity contribution in [1.82, 2.24) is 0 Å². The molecule has 0 radical (unpaired) electrons. The number of anilines is 1. The average Bonchev–Trinajstić information content (AvgIpc) is 3.10. The maximum atomic E-state index is 12.7. The fraction of sp³-hybridized carbons (Fsp3) is 0.364. The number of nitrogens with zero attached hydrogens (tertiary/aromatic N) is 2. The Bertz CT molecular complexity index is 1090. The number of sulfone groups is 1. The first-order valence-corrected chi connectivity index (χ1v) is 12.3. The fourth-order valence-electron chi connectivity index (χ4n) is 3.77. The maximum absolute atomic E-state index is 12.7. The van der Waals surface area contributed by atoms with Gasteiger partial charge in [0.25, 0.3) is 5.91 Å². The van der Waals surface area contributed by atoms with Crippen LogP contribution in [-0.4, -0.2) is 42.3 Å². The number of carbonyl (C=O) groups is 1. The number of hydrogen-bond acceptors (Lipinski definition) is 4. The van der Waals surface area contributed by atoms with Crippen molar-refractivity contribution in [2.24, 2.45) is 4.99 Å². The zero-order valence-electron chi connectivity index (χ0n) is 16.8. The van der Waals surface area contributed by atoms with Gasteiger partial charge in [-0.3, -0.25) is 4.79 Å². The molecule has 2 aromatic carbocycles. The van der Waals surface area contributed by atoms with Crippen LogP contribution in [-0.2, 0) is 21.1 Å². The van der Waals surface area contributed by atoms with E-state index in [0.29, 0.717) is 5.17 Å². The SMILES string of the molecule is Cc1ccc(CC(=O)N=C2S[C@@H]3CS(=O)(=O)C[C@H]3N2c2ccc(C)c(C)c2)cc1. The molecule has 2 saturated heterocycles. The van der Waals surface area contributed by atoms with E-state index in [4.69, 9.17) is 0 Å². The molecule has 5 nitrogen and oxygen atoms in total. The minimum atomic E-state index is -3.07. The molecule has 2 heterocycles. The van der Waals surface area contributed by atoms with E-state index in [1.807, 2.05) is 68.1 Å². The van der Waals surface area contributed by atoms with Gasteiger partial charge in [0.15, 0.2) is 15.0 Å². The summed E-state index contributed by atoms with van der Waals surface area (Å²) < 4.78 is 24.4. The largest absolute Gasteiger partial charge is 0.316 e. The van der Waals surface area contributed by atoms with Gasteiger partial charge in [-0.05, 0) is 49.6 Å². The van der Waals surface area contributed by atoms with Gasteiger partial charge in [0.1, 0.15) is 0 Å². The molecule has 2 fully saturated rings. The second-order valence-electron chi connectivity index (χ2n) is 7.89. The van der Waals surface area contributed by atoms with Crippen LogP contribution in [0.1, 0.15) is 22.3 Å². The van der Waals surface area contributed by atoms with Crippen LogP contribution in [0, 0.1) is 20.8 Å². The topological polar surface area (TPSA) is 66.8 Å². The van der Waals surface area contributed by atoms with Crippen molar-refractivity contribution in [2.45, 2.75) is 38.5 Å². The highest BCUT2D eigenvalue weighted by atomic mass is 32.2. The van der Waals surface area contributed by atoms with Gasteiger partial charge >= 0.3 is 0 Å². The summed E-state index contributed by atoms with van der Waals surface area (Å²) in [5.41, 5.74) is 5.27.